The van der Waals surface area contributed by atoms with Gasteiger partial charge in [0.1, 0.15) is 0 Å². The van der Waals surface area contributed by atoms with Crippen LogP contribution >= 0.6 is 0 Å². The molecule has 24 heavy (non-hydrogen) atoms. The molecule has 0 aliphatic rings. The molecule has 0 aliphatic heterocycles. The van der Waals surface area contributed by atoms with Crippen molar-refractivity contribution in [2.45, 2.75) is 61.3 Å². The van der Waals surface area contributed by atoms with Gasteiger partial charge in [0, 0.05) is 0 Å². The smallest absolute Gasteiger partial charge is 0.419 e. The van der Waals surface area contributed by atoms with Crippen molar-refractivity contribution in [2.24, 2.45) is 11.8 Å². The Morgan fingerprint density at radius 3 is 1.58 bits per heavy atom. The Balaban J connectivity index is -0.000000248. The van der Waals surface area contributed by atoms with Crippen LogP contribution in [0.1, 0.15) is 61.3 Å². The largest absolute Gasteiger partial charge is 3.00 e. The average Bonchev–Trinajstić information content (AvgIpc) is 2.43. The van der Waals surface area contributed by atoms with Gasteiger partial charge in [-0.1, -0.05) is 59.6 Å². The van der Waals surface area contributed by atoms with Crippen molar-refractivity contribution in [3.63, 3.8) is 0 Å². The molecular weight excluding hydrogens is 343 g/mol. The number of allylic oxidation sites excluding steroid dienone is 6. The molecule has 0 saturated heterocycles. The Morgan fingerprint density at radius 1 is 0.958 bits per heavy atom. The summed E-state index contributed by atoms with van der Waals surface area (Å²) in [5.74, 6) is 0.460. The van der Waals surface area contributed by atoms with Crippen LogP contribution in [0.25, 0.3) is 0 Å². The third kappa shape index (κ3) is 21.1. The molecule has 0 aromatic rings. The zero-order chi connectivity index (χ0) is 18.8. The van der Waals surface area contributed by atoms with Gasteiger partial charge in [0.15, 0.2) is 5.78 Å². The fourth-order valence-electron chi connectivity index (χ4n) is 1.38. The van der Waals surface area contributed by atoms with E-state index in [4.69, 9.17) is 0 Å². The molecule has 0 aliphatic carbocycles. The first-order chi connectivity index (χ1) is 10.7. The molecule has 3 heteroatoms. The Kier molecular flexibility index (Phi) is 28.4. The molecule has 0 N–H and O–H groups in total. The molecule has 0 bridgehead atoms. The van der Waals surface area contributed by atoms with Crippen molar-refractivity contribution in [1.29, 1.82) is 0 Å². The van der Waals surface area contributed by atoms with Crippen LogP contribution in [-0.2, 0) is 26.1 Å². The van der Waals surface area contributed by atoms with Crippen molar-refractivity contribution < 1.29 is 26.1 Å². The maximum absolute atomic E-state index is 11.3. The van der Waals surface area contributed by atoms with Gasteiger partial charge < -0.3 is 18.6 Å². The second kappa shape index (κ2) is 22.1. The van der Waals surface area contributed by atoms with E-state index in [1.807, 2.05) is 47.8 Å². The van der Waals surface area contributed by atoms with E-state index >= 15 is 0 Å². The van der Waals surface area contributed by atoms with Crippen molar-refractivity contribution in [2.75, 3.05) is 0 Å². The van der Waals surface area contributed by atoms with E-state index in [9.17, 15) is 9.59 Å². The van der Waals surface area contributed by atoms with Crippen molar-refractivity contribution >= 4 is 12.1 Å². The van der Waals surface area contributed by atoms with Crippen LogP contribution < -0.4 is 0 Å². The van der Waals surface area contributed by atoms with Gasteiger partial charge in [-0.25, -0.2) is 6.08 Å². The van der Waals surface area contributed by atoms with Crippen LogP contribution in [0.15, 0.2) is 35.5 Å². The van der Waals surface area contributed by atoms with Gasteiger partial charge in [0.2, 0.25) is 0 Å². The predicted molar refractivity (Wildman–Crippen MR) is 103 cm³/mol. The molecule has 0 amide bonds. The van der Waals surface area contributed by atoms with Gasteiger partial charge in [-0.2, -0.15) is 18.4 Å². The Bertz CT molecular complexity index is 387. The van der Waals surface area contributed by atoms with Gasteiger partial charge in [-0.15, -0.1) is 6.08 Å². The molecule has 0 unspecified atom stereocenters. The maximum Gasteiger partial charge on any atom is 3.00 e. The van der Waals surface area contributed by atoms with Crippen molar-refractivity contribution in [3.05, 3.63) is 49.3 Å². The fraction of sp³-hybridized carbons (Fsp3) is 0.524. The summed E-state index contributed by atoms with van der Waals surface area (Å²) in [6.45, 7) is 20.4. The minimum atomic E-state index is 0. The average molecular weight is 378 g/mol. The topological polar surface area (TPSA) is 34.1 Å². The number of carbonyl (C=O) groups excluding carboxylic acids is 2. The minimum Gasteiger partial charge on any atom is -0.419 e. The summed E-state index contributed by atoms with van der Waals surface area (Å²) in [6.07, 6.45) is 11.0. The fourth-order valence-corrected chi connectivity index (χ4v) is 1.38. The first kappa shape index (κ1) is 30.9. The predicted octanol–water partition coefficient (Wildman–Crippen LogP) is 5.86. The third-order valence-electron chi connectivity index (χ3n) is 2.43. The summed E-state index contributed by atoms with van der Waals surface area (Å²) in [7, 11) is 0. The van der Waals surface area contributed by atoms with Crippen LogP contribution in [-0.4, -0.2) is 12.1 Å². The Labute approximate surface area is 160 Å². The molecule has 0 fully saturated rings. The summed E-state index contributed by atoms with van der Waals surface area (Å²) in [5, 5.41) is 0. The molecule has 0 atom stereocenters. The quantitative estimate of drug-likeness (QED) is 0.251. The number of Topliss-reactive ketones (excluding diaryl/α,β-unsaturated/α-hetero) is 1. The second-order valence-electron chi connectivity index (χ2n) is 5.60. The number of ketones is 1. The standard InChI is InChI=1S/C15H21O2.2C3H7.Ni/c1-11(2)14(10-16)8-6-7-9-15(12(3)4)13(5)17;2*1-3-2;/h6-9,11-12H,1-5H3;2*1,3H2,2H3;/q3*-1;+3/b7-6+,14-8-,15-9+;;;. The number of hydrogen-bond acceptors (Lipinski definition) is 2. The van der Waals surface area contributed by atoms with Gasteiger partial charge in [0.05, 0.1) is 0 Å². The van der Waals surface area contributed by atoms with Crippen molar-refractivity contribution in [1.82, 2.24) is 0 Å². The maximum atomic E-state index is 11.3. The van der Waals surface area contributed by atoms with Crippen LogP contribution in [0.2, 0.25) is 0 Å². The molecule has 0 heterocycles. The van der Waals surface area contributed by atoms with E-state index in [1.54, 1.807) is 31.2 Å². The van der Waals surface area contributed by atoms with E-state index in [0.717, 1.165) is 18.4 Å². The first-order valence-corrected chi connectivity index (χ1v) is 8.29. The normalized spacial score (nSPS) is 11.3. The summed E-state index contributed by atoms with van der Waals surface area (Å²) in [5.41, 5.74) is 1.42. The summed E-state index contributed by atoms with van der Waals surface area (Å²) >= 11 is 0. The zero-order valence-electron chi connectivity index (χ0n) is 16.4. The third-order valence-corrected chi connectivity index (χ3v) is 2.43. The van der Waals surface area contributed by atoms with Crippen molar-refractivity contribution in [3.8, 4) is 0 Å². The zero-order valence-corrected chi connectivity index (χ0v) is 17.4. The Hall–Kier alpha value is -0.946. The van der Waals surface area contributed by atoms with E-state index in [0.29, 0.717) is 5.57 Å². The molecule has 0 aromatic heterocycles. The number of hydrogen-bond donors (Lipinski definition) is 0. The number of carbonyl (C=O) groups is 1. The molecule has 2 nitrogen and oxygen atoms in total. The molecule has 0 saturated carbocycles. The molecule has 141 valence electrons. The molecular formula is C21H35NiO2. The van der Waals surface area contributed by atoms with Gasteiger partial charge in [-0.3, -0.25) is 4.79 Å². The molecule has 0 spiro atoms. The van der Waals surface area contributed by atoms with E-state index in [-0.39, 0.29) is 34.1 Å². The van der Waals surface area contributed by atoms with Gasteiger partial charge in [-0.05, 0) is 24.7 Å². The minimum absolute atomic E-state index is 0. The van der Waals surface area contributed by atoms with Crippen LogP contribution in [0.5, 0.6) is 0 Å². The summed E-state index contributed by atoms with van der Waals surface area (Å²) in [4.78, 5) is 21.9. The molecule has 0 aromatic carbocycles. The van der Waals surface area contributed by atoms with E-state index in [2.05, 4.69) is 13.8 Å². The monoisotopic (exact) mass is 377 g/mol. The summed E-state index contributed by atoms with van der Waals surface area (Å²) < 4.78 is 0. The summed E-state index contributed by atoms with van der Waals surface area (Å²) in [6, 6.07) is 0. The second-order valence-corrected chi connectivity index (χ2v) is 5.60. The number of rotatable bonds is 6. The van der Waals surface area contributed by atoms with Gasteiger partial charge in [0.25, 0.3) is 0 Å². The van der Waals surface area contributed by atoms with Crippen LogP contribution in [0.4, 0.5) is 0 Å². The van der Waals surface area contributed by atoms with E-state index < -0.39 is 0 Å². The molecule has 0 rings (SSSR count). The Morgan fingerprint density at radius 2 is 1.33 bits per heavy atom. The van der Waals surface area contributed by atoms with Crippen LogP contribution in [0.3, 0.4) is 0 Å². The first-order valence-electron chi connectivity index (χ1n) is 8.29. The molecule has 1 radical (unpaired) electrons. The van der Waals surface area contributed by atoms with Crippen LogP contribution in [0, 0.1) is 25.7 Å². The van der Waals surface area contributed by atoms with Gasteiger partial charge >= 0.3 is 16.5 Å². The SMILES string of the molecule is CC(=O)/C(=C/C=C/C=C(/[C-]=O)C(C)C)C(C)C.[CH2-]CC.[CH2-]CC.[Ni+3]. The van der Waals surface area contributed by atoms with E-state index in [1.165, 1.54) is 0 Å².